The van der Waals surface area contributed by atoms with E-state index in [4.69, 9.17) is 9.84 Å². The van der Waals surface area contributed by atoms with Crippen molar-refractivity contribution in [2.75, 3.05) is 12.4 Å². The molecule has 2 aromatic heterocycles. The van der Waals surface area contributed by atoms with E-state index in [1.165, 1.54) is 11.8 Å². The van der Waals surface area contributed by atoms with E-state index < -0.39 is 5.97 Å². The molecule has 1 aliphatic heterocycles. The molecule has 21 heavy (non-hydrogen) atoms. The third-order valence-electron chi connectivity index (χ3n) is 3.74. The Balaban J connectivity index is 2.11. The van der Waals surface area contributed by atoms with Gasteiger partial charge in [0.2, 0.25) is 0 Å². The van der Waals surface area contributed by atoms with Gasteiger partial charge in [-0.1, -0.05) is 11.8 Å². The second-order valence-electron chi connectivity index (χ2n) is 5.18. The molecule has 6 nitrogen and oxygen atoms in total. The van der Waals surface area contributed by atoms with Crippen LogP contribution in [0.2, 0.25) is 0 Å². The number of nitrogens with zero attached hydrogens (tertiary/aromatic N) is 3. The zero-order valence-electron chi connectivity index (χ0n) is 11.9. The highest BCUT2D eigenvalue weighted by molar-refractivity contribution is 7.99. The average Bonchev–Trinajstić information content (AvgIpc) is 3.00. The smallest absolute Gasteiger partial charge is 0.313 e. The molecule has 3 rings (SSSR count). The third-order valence-corrected chi connectivity index (χ3v) is 4.68. The summed E-state index contributed by atoms with van der Waals surface area (Å²) in [5, 5.41) is 9.62. The van der Waals surface area contributed by atoms with Gasteiger partial charge in [0.15, 0.2) is 10.8 Å². The van der Waals surface area contributed by atoms with E-state index in [1.54, 1.807) is 6.20 Å². The summed E-state index contributed by atoms with van der Waals surface area (Å²) in [6.45, 7) is 4.73. The SMILES string of the molecule is Cc1ccnc2c1nc(SCC(=O)O)n2C1CCOC1C. The number of ether oxygens (including phenoxy) is 1. The Hall–Kier alpha value is -1.60. The van der Waals surface area contributed by atoms with Crippen LogP contribution in [0.25, 0.3) is 11.2 Å². The highest BCUT2D eigenvalue weighted by atomic mass is 32.2. The minimum absolute atomic E-state index is 0.00960. The van der Waals surface area contributed by atoms with Crippen molar-refractivity contribution < 1.29 is 14.6 Å². The van der Waals surface area contributed by atoms with Gasteiger partial charge in [-0.15, -0.1) is 0 Å². The average molecular weight is 307 g/mol. The van der Waals surface area contributed by atoms with Gasteiger partial charge in [0.25, 0.3) is 0 Å². The van der Waals surface area contributed by atoms with Crippen LogP contribution in [0.4, 0.5) is 0 Å². The van der Waals surface area contributed by atoms with Crippen molar-refractivity contribution in [1.82, 2.24) is 14.5 Å². The molecule has 0 aromatic carbocycles. The molecule has 0 aliphatic carbocycles. The number of aryl methyl sites for hydroxylation is 1. The number of hydrogen-bond acceptors (Lipinski definition) is 5. The summed E-state index contributed by atoms with van der Waals surface area (Å²) in [5.41, 5.74) is 2.69. The van der Waals surface area contributed by atoms with Crippen LogP contribution in [0.3, 0.4) is 0 Å². The van der Waals surface area contributed by atoms with Crippen molar-refractivity contribution in [1.29, 1.82) is 0 Å². The minimum Gasteiger partial charge on any atom is -0.481 e. The number of carboxylic acid groups (broad SMARTS) is 1. The molecule has 0 spiro atoms. The number of carboxylic acids is 1. The number of thioether (sulfide) groups is 1. The maximum absolute atomic E-state index is 10.9. The van der Waals surface area contributed by atoms with Crippen molar-refractivity contribution in [2.24, 2.45) is 0 Å². The van der Waals surface area contributed by atoms with Gasteiger partial charge in [0.05, 0.1) is 17.9 Å². The normalized spacial score (nSPS) is 22.0. The van der Waals surface area contributed by atoms with Crippen molar-refractivity contribution in [3.63, 3.8) is 0 Å². The number of aliphatic carboxylic acids is 1. The lowest BCUT2D eigenvalue weighted by Crippen LogP contribution is -2.18. The number of rotatable bonds is 4. The number of aromatic nitrogens is 3. The van der Waals surface area contributed by atoms with Crippen molar-refractivity contribution >= 4 is 28.9 Å². The molecule has 0 saturated carbocycles. The predicted octanol–water partition coefficient (Wildman–Crippen LogP) is 2.27. The lowest BCUT2D eigenvalue weighted by molar-refractivity contribution is -0.133. The third kappa shape index (κ3) is 2.63. The van der Waals surface area contributed by atoms with Crippen LogP contribution >= 0.6 is 11.8 Å². The number of imidazole rings is 1. The first kappa shape index (κ1) is 14.3. The van der Waals surface area contributed by atoms with E-state index in [0.29, 0.717) is 11.8 Å². The first-order valence-corrected chi connectivity index (χ1v) is 7.86. The van der Waals surface area contributed by atoms with E-state index in [2.05, 4.69) is 9.97 Å². The summed E-state index contributed by atoms with van der Waals surface area (Å²) in [6, 6.07) is 2.07. The summed E-state index contributed by atoms with van der Waals surface area (Å²) in [7, 11) is 0. The van der Waals surface area contributed by atoms with E-state index >= 15 is 0 Å². The van der Waals surface area contributed by atoms with Crippen LogP contribution in [-0.2, 0) is 9.53 Å². The molecule has 3 heterocycles. The van der Waals surface area contributed by atoms with Crippen LogP contribution in [0.15, 0.2) is 17.4 Å². The van der Waals surface area contributed by atoms with Crippen LogP contribution in [-0.4, -0.2) is 44.1 Å². The van der Waals surface area contributed by atoms with Gasteiger partial charge in [-0.2, -0.15) is 0 Å². The Morgan fingerprint density at radius 3 is 3.10 bits per heavy atom. The van der Waals surface area contributed by atoms with Crippen LogP contribution < -0.4 is 0 Å². The van der Waals surface area contributed by atoms with E-state index in [-0.39, 0.29) is 17.9 Å². The van der Waals surface area contributed by atoms with Gasteiger partial charge >= 0.3 is 5.97 Å². The number of fused-ring (bicyclic) bond motifs is 1. The van der Waals surface area contributed by atoms with Crippen molar-refractivity contribution in [2.45, 2.75) is 37.6 Å². The zero-order chi connectivity index (χ0) is 15.0. The van der Waals surface area contributed by atoms with E-state index in [0.717, 1.165) is 23.1 Å². The number of hydrogen-bond donors (Lipinski definition) is 1. The second kappa shape index (κ2) is 5.65. The minimum atomic E-state index is -0.848. The highest BCUT2D eigenvalue weighted by Crippen LogP contribution is 2.34. The molecule has 0 radical (unpaired) electrons. The quantitative estimate of drug-likeness (QED) is 0.873. The molecule has 1 saturated heterocycles. The van der Waals surface area contributed by atoms with Crippen LogP contribution in [0, 0.1) is 6.92 Å². The Bertz CT molecular complexity index is 685. The fourth-order valence-electron chi connectivity index (χ4n) is 2.68. The first-order valence-electron chi connectivity index (χ1n) is 6.87. The molecule has 2 unspecified atom stereocenters. The summed E-state index contributed by atoms with van der Waals surface area (Å²) >= 11 is 1.24. The highest BCUT2D eigenvalue weighted by Gasteiger charge is 2.30. The van der Waals surface area contributed by atoms with Crippen LogP contribution in [0.1, 0.15) is 24.9 Å². The van der Waals surface area contributed by atoms with Gasteiger partial charge in [0, 0.05) is 12.8 Å². The fourth-order valence-corrected chi connectivity index (χ4v) is 3.45. The second-order valence-corrected chi connectivity index (χ2v) is 6.12. The molecule has 0 amide bonds. The maximum Gasteiger partial charge on any atom is 0.313 e. The number of carbonyl (C=O) groups is 1. The van der Waals surface area contributed by atoms with Crippen molar-refractivity contribution in [3.8, 4) is 0 Å². The monoisotopic (exact) mass is 307 g/mol. The number of pyridine rings is 1. The van der Waals surface area contributed by atoms with E-state index in [1.807, 2.05) is 24.5 Å². The van der Waals surface area contributed by atoms with Gasteiger partial charge in [-0.25, -0.2) is 9.97 Å². The maximum atomic E-state index is 10.9. The Morgan fingerprint density at radius 2 is 2.43 bits per heavy atom. The topological polar surface area (TPSA) is 77.2 Å². The zero-order valence-corrected chi connectivity index (χ0v) is 12.8. The van der Waals surface area contributed by atoms with Gasteiger partial charge in [-0.3, -0.25) is 9.36 Å². The Labute approximate surface area is 126 Å². The van der Waals surface area contributed by atoms with E-state index in [9.17, 15) is 4.79 Å². The first-order chi connectivity index (χ1) is 10.1. The summed E-state index contributed by atoms with van der Waals surface area (Å²) in [4.78, 5) is 19.9. The molecule has 2 atom stereocenters. The fraction of sp³-hybridized carbons (Fsp3) is 0.500. The molecule has 2 aromatic rings. The largest absolute Gasteiger partial charge is 0.481 e. The molecular weight excluding hydrogens is 290 g/mol. The summed E-state index contributed by atoms with van der Waals surface area (Å²) in [6.07, 6.45) is 2.74. The molecule has 0 bridgehead atoms. The predicted molar refractivity (Wildman–Crippen MR) is 79.7 cm³/mol. The Kier molecular flexibility index (Phi) is 3.86. The lowest BCUT2D eigenvalue weighted by Gasteiger charge is -2.18. The lowest BCUT2D eigenvalue weighted by atomic mass is 10.1. The van der Waals surface area contributed by atoms with Gasteiger partial charge in [0.1, 0.15) is 5.52 Å². The van der Waals surface area contributed by atoms with Gasteiger partial charge in [-0.05, 0) is 31.9 Å². The Morgan fingerprint density at radius 1 is 1.62 bits per heavy atom. The molecule has 1 N–H and O–H groups in total. The molecule has 1 fully saturated rings. The van der Waals surface area contributed by atoms with Crippen LogP contribution in [0.5, 0.6) is 0 Å². The molecule has 112 valence electrons. The molecular formula is C14H17N3O3S. The van der Waals surface area contributed by atoms with Gasteiger partial charge < -0.3 is 9.84 Å². The standard InChI is InChI=1S/C14H17N3O3S/c1-8-3-5-15-13-12(8)16-14(21-7-11(18)19)17(13)10-4-6-20-9(10)2/h3,5,9-10H,4,6-7H2,1-2H3,(H,18,19). The molecule has 1 aliphatic rings. The van der Waals surface area contributed by atoms with Crippen molar-refractivity contribution in [3.05, 3.63) is 17.8 Å². The molecule has 7 heteroatoms. The summed E-state index contributed by atoms with van der Waals surface area (Å²) in [5.74, 6) is -0.858. The summed E-state index contributed by atoms with van der Waals surface area (Å²) < 4.78 is 7.70.